The molecule has 0 bridgehead atoms. The number of ether oxygens (including phenoxy) is 1. The van der Waals surface area contributed by atoms with Crippen LogP contribution in [0.5, 0.6) is 0 Å². The summed E-state index contributed by atoms with van der Waals surface area (Å²) in [6.45, 7) is 2.51. The number of methoxy groups -OCH3 is 1. The second-order valence-electron chi connectivity index (χ2n) is 2.95. The molecule has 0 aliphatic carbocycles. The molecule has 0 aliphatic heterocycles. The Labute approximate surface area is 84.9 Å². The van der Waals surface area contributed by atoms with E-state index in [4.69, 9.17) is 10.5 Å². The zero-order chi connectivity index (χ0) is 9.19. The van der Waals surface area contributed by atoms with Crippen molar-refractivity contribution in [2.45, 2.75) is 12.5 Å². The van der Waals surface area contributed by atoms with Crippen molar-refractivity contribution in [3.63, 3.8) is 0 Å². The lowest BCUT2D eigenvalue weighted by Crippen LogP contribution is -2.36. The van der Waals surface area contributed by atoms with Crippen molar-refractivity contribution < 1.29 is 4.74 Å². The molecule has 0 radical (unpaired) electrons. The Kier molecular flexibility index (Phi) is 3.29. The first kappa shape index (κ1) is 10.2. The van der Waals surface area contributed by atoms with Crippen LogP contribution in [0, 0.1) is 0 Å². The predicted molar refractivity (Wildman–Crippen MR) is 55.4 cm³/mol. The van der Waals surface area contributed by atoms with Crippen LogP contribution in [-0.2, 0) is 10.3 Å². The molecule has 2 nitrogen and oxygen atoms in total. The number of nitrogens with two attached hydrogens (primary N) is 1. The van der Waals surface area contributed by atoms with Gasteiger partial charge in [-0.2, -0.15) is 0 Å². The zero-order valence-electron chi connectivity index (χ0n) is 7.13. The summed E-state index contributed by atoms with van der Waals surface area (Å²) in [4.78, 5) is 1.14. The fraction of sp³-hybridized carbons (Fsp3) is 0.500. The van der Waals surface area contributed by atoms with Crippen LogP contribution in [0.4, 0.5) is 0 Å². The Bertz CT molecular complexity index is 259. The molecule has 1 aromatic heterocycles. The Morgan fingerprint density at radius 1 is 1.67 bits per heavy atom. The Morgan fingerprint density at radius 2 is 2.33 bits per heavy atom. The number of thiophene rings is 1. The highest BCUT2D eigenvalue weighted by Crippen LogP contribution is 2.29. The Balaban J connectivity index is 2.81. The van der Waals surface area contributed by atoms with Gasteiger partial charge in [0.05, 0.1) is 15.9 Å². The largest absolute Gasteiger partial charge is 0.382 e. The second kappa shape index (κ2) is 3.87. The SMILES string of the molecule is COCC(C)(N)c1ccc(Br)s1. The fourth-order valence-corrected chi connectivity index (χ4v) is 2.42. The summed E-state index contributed by atoms with van der Waals surface area (Å²) >= 11 is 5.04. The van der Waals surface area contributed by atoms with Crippen molar-refractivity contribution in [1.82, 2.24) is 0 Å². The third kappa shape index (κ3) is 2.29. The van der Waals surface area contributed by atoms with Crippen molar-refractivity contribution in [3.05, 3.63) is 20.8 Å². The van der Waals surface area contributed by atoms with E-state index < -0.39 is 0 Å². The molecule has 2 N–H and O–H groups in total. The van der Waals surface area contributed by atoms with Gasteiger partial charge in [0.2, 0.25) is 0 Å². The highest BCUT2D eigenvalue weighted by molar-refractivity contribution is 9.11. The summed E-state index contributed by atoms with van der Waals surface area (Å²) < 4.78 is 6.14. The molecule has 1 unspecified atom stereocenters. The zero-order valence-corrected chi connectivity index (χ0v) is 9.54. The van der Waals surface area contributed by atoms with Crippen molar-refractivity contribution >= 4 is 27.3 Å². The summed E-state index contributed by atoms with van der Waals surface area (Å²) in [5.41, 5.74) is 5.66. The molecule has 0 amide bonds. The van der Waals surface area contributed by atoms with Crippen molar-refractivity contribution in [2.24, 2.45) is 5.73 Å². The van der Waals surface area contributed by atoms with Crippen LogP contribution in [0.1, 0.15) is 11.8 Å². The molecule has 12 heavy (non-hydrogen) atoms. The van der Waals surface area contributed by atoms with E-state index >= 15 is 0 Å². The normalized spacial score (nSPS) is 16.0. The topological polar surface area (TPSA) is 35.2 Å². The van der Waals surface area contributed by atoms with Gasteiger partial charge in [0.15, 0.2) is 0 Å². The number of halogens is 1. The molecule has 0 aliphatic rings. The van der Waals surface area contributed by atoms with E-state index in [9.17, 15) is 0 Å². The van der Waals surface area contributed by atoms with Crippen LogP contribution in [0.3, 0.4) is 0 Å². The summed E-state index contributed by atoms with van der Waals surface area (Å²) in [5, 5.41) is 0. The summed E-state index contributed by atoms with van der Waals surface area (Å²) in [5.74, 6) is 0. The summed E-state index contributed by atoms with van der Waals surface area (Å²) in [7, 11) is 1.66. The van der Waals surface area contributed by atoms with Crippen molar-refractivity contribution in [2.75, 3.05) is 13.7 Å². The van der Waals surface area contributed by atoms with E-state index in [1.165, 1.54) is 0 Å². The minimum absolute atomic E-state index is 0.370. The third-order valence-corrected chi connectivity index (χ3v) is 3.48. The van der Waals surface area contributed by atoms with Gasteiger partial charge in [-0.25, -0.2) is 0 Å². The van der Waals surface area contributed by atoms with E-state index in [1.807, 2.05) is 19.1 Å². The maximum absolute atomic E-state index is 6.03. The Morgan fingerprint density at radius 3 is 2.75 bits per heavy atom. The third-order valence-electron chi connectivity index (χ3n) is 1.58. The lowest BCUT2D eigenvalue weighted by Gasteiger charge is -2.21. The van der Waals surface area contributed by atoms with Crippen LogP contribution in [0.25, 0.3) is 0 Å². The number of hydrogen-bond donors (Lipinski definition) is 1. The van der Waals surface area contributed by atoms with Gasteiger partial charge in [-0.05, 0) is 35.0 Å². The van der Waals surface area contributed by atoms with Gasteiger partial charge < -0.3 is 10.5 Å². The van der Waals surface area contributed by atoms with E-state index in [-0.39, 0.29) is 5.54 Å². The molecule has 1 heterocycles. The molecule has 1 rings (SSSR count). The molecule has 0 fully saturated rings. The average molecular weight is 250 g/mol. The molecule has 0 saturated heterocycles. The minimum atomic E-state index is -0.370. The predicted octanol–water partition coefficient (Wildman–Crippen LogP) is 2.33. The van der Waals surface area contributed by atoms with Crippen LogP contribution >= 0.6 is 27.3 Å². The average Bonchev–Trinajstić information content (AvgIpc) is 2.36. The molecule has 0 aromatic carbocycles. The van der Waals surface area contributed by atoms with E-state index in [1.54, 1.807) is 18.4 Å². The second-order valence-corrected chi connectivity index (χ2v) is 5.42. The molecular weight excluding hydrogens is 238 g/mol. The summed E-state index contributed by atoms with van der Waals surface area (Å²) in [6, 6.07) is 4.02. The molecule has 1 atom stereocenters. The van der Waals surface area contributed by atoms with Gasteiger partial charge >= 0.3 is 0 Å². The molecular formula is C8H12BrNOS. The molecule has 0 saturated carbocycles. The maximum atomic E-state index is 6.03. The summed E-state index contributed by atoms with van der Waals surface area (Å²) in [6.07, 6.45) is 0. The highest BCUT2D eigenvalue weighted by Gasteiger charge is 2.22. The number of hydrogen-bond acceptors (Lipinski definition) is 3. The molecule has 4 heteroatoms. The van der Waals surface area contributed by atoms with Gasteiger partial charge in [-0.1, -0.05) is 0 Å². The standard InChI is InChI=1S/C8H12BrNOS/c1-8(10,5-11-2)6-3-4-7(9)12-6/h3-4H,5,10H2,1-2H3. The van der Waals surface area contributed by atoms with Crippen molar-refractivity contribution in [1.29, 1.82) is 0 Å². The monoisotopic (exact) mass is 249 g/mol. The van der Waals surface area contributed by atoms with Gasteiger partial charge in [-0.15, -0.1) is 11.3 Å². The first-order valence-corrected chi connectivity index (χ1v) is 5.21. The van der Waals surface area contributed by atoms with E-state index in [0.717, 1.165) is 8.66 Å². The van der Waals surface area contributed by atoms with E-state index in [2.05, 4.69) is 15.9 Å². The van der Waals surface area contributed by atoms with Gasteiger partial charge in [0.25, 0.3) is 0 Å². The number of rotatable bonds is 3. The van der Waals surface area contributed by atoms with Gasteiger partial charge in [0.1, 0.15) is 0 Å². The minimum Gasteiger partial charge on any atom is -0.382 e. The van der Waals surface area contributed by atoms with Crippen LogP contribution in [0.15, 0.2) is 15.9 Å². The van der Waals surface area contributed by atoms with Crippen LogP contribution < -0.4 is 5.73 Å². The van der Waals surface area contributed by atoms with Crippen LogP contribution in [-0.4, -0.2) is 13.7 Å². The smallest absolute Gasteiger partial charge is 0.0712 e. The fourth-order valence-electron chi connectivity index (χ4n) is 0.992. The molecule has 1 aromatic rings. The lowest BCUT2D eigenvalue weighted by molar-refractivity contribution is 0.142. The van der Waals surface area contributed by atoms with E-state index in [0.29, 0.717) is 6.61 Å². The first-order chi connectivity index (χ1) is 5.56. The van der Waals surface area contributed by atoms with Crippen LogP contribution in [0.2, 0.25) is 0 Å². The lowest BCUT2D eigenvalue weighted by atomic mass is 10.0. The first-order valence-electron chi connectivity index (χ1n) is 3.60. The maximum Gasteiger partial charge on any atom is 0.0712 e. The van der Waals surface area contributed by atoms with Gasteiger partial charge in [-0.3, -0.25) is 0 Å². The van der Waals surface area contributed by atoms with Crippen molar-refractivity contribution in [3.8, 4) is 0 Å². The quantitative estimate of drug-likeness (QED) is 0.893. The highest BCUT2D eigenvalue weighted by atomic mass is 79.9. The molecule has 0 spiro atoms. The Hall–Kier alpha value is 0.1000. The van der Waals surface area contributed by atoms with Gasteiger partial charge in [0, 0.05) is 12.0 Å². The molecule has 68 valence electrons.